The van der Waals surface area contributed by atoms with E-state index in [1.54, 1.807) is 6.92 Å². The standard InChI is InChI=1S/C16H27ClO2/c1-4-12-9-13-7-6-8-16(10-12,11-13)19-14(18)15(3,17)5-2/h12-13H,4-11H2,1-3H3. The van der Waals surface area contributed by atoms with Gasteiger partial charge in [0, 0.05) is 0 Å². The minimum Gasteiger partial charge on any atom is -0.458 e. The fraction of sp³-hybridized carbons (Fsp3) is 0.938. The van der Waals surface area contributed by atoms with Gasteiger partial charge in [0.05, 0.1) is 0 Å². The summed E-state index contributed by atoms with van der Waals surface area (Å²) in [4.78, 5) is 11.4. The lowest BCUT2D eigenvalue weighted by atomic mass is 9.64. The van der Waals surface area contributed by atoms with Crippen molar-refractivity contribution in [2.75, 3.05) is 0 Å². The number of ether oxygens (including phenoxy) is 1. The van der Waals surface area contributed by atoms with Gasteiger partial charge in [0.25, 0.3) is 0 Å². The molecule has 19 heavy (non-hydrogen) atoms. The molecule has 0 radical (unpaired) electrons. The van der Waals surface area contributed by atoms with Crippen molar-refractivity contribution in [2.24, 2.45) is 11.8 Å². The van der Waals surface area contributed by atoms with Crippen molar-refractivity contribution in [3.05, 3.63) is 0 Å². The van der Waals surface area contributed by atoms with Crippen molar-refractivity contribution in [3.8, 4) is 0 Å². The van der Waals surface area contributed by atoms with Crippen LogP contribution in [0.1, 0.15) is 72.1 Å². The predicted octanol–water partition coefficient (Wildman–Crippen LogP) is 4.69. The van der Waals surface area contributed by atoms with E-state index in [0.717, 1.165) is 31.1 Å². The lowest BCUT2D eigenvalue weighted by molar-refractivity contribution is -0.175. The third-order valence-electron chi connectivity index (χ3n) is 5.21. The summed E-state index contributed by atoms with van der Waals surface area (Å²) in [6.07, 6.45) is 8.77. The van der Waals surface area contributed by atoms with Crippen LogP contribution in [0.2, 0.25) is 0 Å². The van der Waals surface area contributed by atoms with Crippen LogP contribution >= 0.6 is 11.6 Å². The average molecular weight is 287 g/mol. The van der Waals surface area contributed by atoms with Gasteiger partial charge in [-0.3, -0.25) is 4.79 Å². The van der Waals surface area contributed by atoms with Gasteiger partial charge in [0.1, 0.15) is 10.5 Å². The molecular weight excluding hydrogens is 260 g/mol. The van der Waals surface area contributed by atoms with Crippen LogP contribution in [0, 0.1) is 11.8 Å². The lowest BCUT2D eigenvalue weighted by Crippen LogP contribution is -2.48. The van der Waals surface area contributed by atoms with Gasteiger partial charge >= 0.3 is 5.97 Å². The van der Waals surface area contributed by atoms with E-state index in [2.05, 4.69) is 6.92 Å². The van der Waals surface area contributed by atoms with Crippen LogP contribution in [0.15, 0.2) is 0 Å². The molecule has 2 aliphatic rings. The third-order valence-corrected chi connectivity index (χ3v) is 5.63. The maximum atomic E-state index is 12.3. The number of esters is 1. The molecule has 4 unspecified atom stereocenters. The second kappa shape index (κ2) is 5.63. The first-order valence-corrected chi connectivity index (χ1v) is 8.21. The molecule has 2 fully saturated rings. The molecule has 2 saturated carbocycles. The molecule has 2 aliphatic carbocycles. The first-order chi connectivity index (χ1) is 8.91. The lowest BCUT2D eigenvalue weighted by Gasteiger charge is -2.48. The highest BCUT2D eigenvalue weighted by Crippen LogP contribution is 2.48. The Balaban J connectivity index is 2.09. The molecule has 0 amide bonds. The van der Waals surface area contributed by atoms with Crippen LogP contribution in [0.3, 0.4) is 0 Å². The summed E-state index contributed by atoms with van der Waals surface area (Å²) in [5, 5.41) is 0. The Kier molecular flexibility index (Phi) is 4.49. The molecule has 0 spiro atoms. The van der Waals surface area contributed by atoms with E-state index in [0.29, 0.717) is 6.42 Å². The first-order valence-electron chi connectivity index (χ1n) is 7.83. The molecule has 2 bridgehead atoms. The highest BCUT2D eigenvalue weighted by molar-refractivity contribution is 6.33. The van der Waals surface area contributed by atoms with Gasteiger partial charge in [0.15, 0.2) is 0 Å². The van der Waals surface area contributed by atoms with Gasteiger partial charge in [-0.05, 0) is 57.3 Å². The number of halogens is 1. The van der Waals surface area contributed by atoms with Gasteiger partial charge in [-0.1, -0.05) is 26.7 Å². The molecule has 2 rings (SSSR count). The van der Waals surface area contributed by atoms with Crippen molar-refractivity contribution in [1.29, 1.82) is 0 Å². The minimum atomic E-state index is -0.860. The molecular formula is C16H27ClO2. The van der Waals surface area contributed by atoms with Gasteiger partial charge in [-0.2, -0.15) is 0 Å². The third kappa shape index (κ3) is 3.26. The van der Waals surface area contributed by atoms with Crippen molar-refractivity contribution in [2.45, 2.75) is 82.6 Å². The molecule has 0 aromatic carbocycles. The number of hydrogen-bond acceptors (Lipinski definition) is 2. The van der Waals surface area contributed by atoms with Gasteiger partial charge in [0.2, 0.25) is 0 Å². The van der Waals surface area contributed by atoms with Crippen LogP contribution in [0.5, 0.6) is 0 Å². The number of alkyl halides is 1. The first kappa shape index (κ1) is 15.2. The Bertz CT molecular complexity index is 340. The Morgan fingerprint density at radius 1 is 1.42 bits per heavy atom. The van der Waals surface area contributed by atoms with E-state index in [4.69, 9.17) is 16.3 Å². The van der Waals surface area contributed by atoms with Crippen LogP contribution in [0.4, 0.5) is 0 Å². The van der Waals surface area contributed by atoms with E-state index < -0.39 is 4.87 Å². The number of hydrogen-bond donors (Lipinski definition) is 0. The zero-order valence-electron chi connectivity index (χ0n) is 12.5. The second-order valence-electron chi connectivity index (χ2n) is 6.80. The van der Waals surface area contributed by atoms with Gasteiger partial charge in [-0.15, -0.1) is 11.6 Å². The minimum absolute atomic E-state index is 0.204. The van der Waals surface area contributed by atoms with E-state index in [9.17, 15) is 4.79 Å². The normalized spacial score (nSPS) is 37.5. The SMILES string of the molecule is CCC1CC2CCCC(OC(=O)C(C)(Cl)CC)(C1)C2. The summed E-state index contributed by atoms with van der Waals surface area (Å²) >= 11 is 6.26. The summed E-state index contributed by atoms with van der Waals surface area (Å²) < 4.78 is 5.97. The topological polar surface area (TPSA) is 26.3 Å². The molecule has 4 atom stereocenters. The fourth-order valence-corrected chi connectivity index (χ4v) is 3.84. The number of rotatable bonds is 4. The zero-order chi connectivity index (χ0) is 14.1. The van der Waals surface area contributed by atoms with Crippen molar-refractivity contribution < 1.29 is 9.53 Å². The Morgan fingerprint density at radius 2 is 2.16 bits per heavy atom. The summed E-state index contributed by atoms with van der Waals surface area (Å²) in [6, 6.07) is 0. The van der Waals surface area contributed by atoms with E-state index in [1.165, 1.54) is 25.7 Å². The van der Waals surface area contributed by atoms with Crippen LogP contribution in [0.25, 0.3) is 0 Å². The number of carbonyl (C=O) groups is 1. The van der Waals surface area contributed by atoms with Gasteiger partial charge in [-0.25, -0.2) is 0 Å². The molecule has 0 aromatic heterocycles. The van der Waals surface area contributed by atoms with Crippen LogP contribution in [-0.4, -0.2) is 16.4 Å². The van der Waals surface area contributed by atoms with Crippen molar-refractivity contribution >= 4 is 17.6 Å². The molecule has 0 aromatic rings. The van der Waals surface area contributed by atoms with E-state index in [-0.39, 0.29) is 11.6 Å². The molecule has 0 aliphatic heterocycles. The average Bonchev–Trinajstić information content (AvgIpc) is 2.37. The molecule has 3 heteroatoms. The molecule has 0 N–H and O–H groups in total. The van der Waals surface area contributed by atoms with Crippen molar-refractivity contribution in [3.63, 3.8) is 0 Å². The maximum Gasteiger partial charge on any atom is 0.327 e. The second-order valence-corrected chi connectivity index (χ2v) is 7.63. The zero-order valence-corrected chi connectivity index (χ0v) is 13.3. The highest BCUT2D eigenvalue weighted by atomic mass is 35.5. The number of fused-ring (bicyclic) bond motifs is 2. The smallest absolute Gasteiger partial charge is 0.327 e. The highest BCUT2D eigenvalue weighted by Gasteiger charge is 2.47. The Morgan fingerprint density at radius 3 is 2.79 bits per heavy atom. The maximum absolute atomic E-state index is 12.3. The van der Waals surface area contributed by atoms with Crippen molar-refractivity contribution in [1.82, 2.24) is 0 Å². The summed E-state index contributed by atoms with van der Waals surface area (Å²) in [7, 11) is 0. The van der Waals surface area contributed by atoms with E-state index >= 15 is 0 Å². The summed E-state index contributed by atoms with van der Waals surface area (Å²) in [6.45, 7) is 5.96. The summed E-state index contributed by atoms with van der Waals surface area (Å²) in [5.41, 5.74) is -0.204. The molecule has 110 valence electrons. The van der Waals surface area contributed by atoms with Crippen LogP contribution in [-0.2, 0) is 9.53 Å². The van der Waals surface area contributed by atoms with Crippen LogP contribution < -0.4 is 0 Å². The summed E-state index contributed by atoms with van der Waals surface area (Å²) in [5.74, 6) is 1.26. The number of carbonyl (C=O) groups excluding carboxylic acids is 1. The molecule has 2 nitrogen and oxygen atoms in total. The van der Waals surface area contributed by atoms with E-state index in [1.807, 2.05) is 6.92 Å². The molecule has 0 heterocycles. The predicted molar refractivity (Wildman–Crippen MR) is 78.3 cm³/mol. The Hall–Kier alpha value is -0.240. The van der Waals surface area contributed by atoms with Gasteiger partial charge < -0.3 is 4.74 Å². The Labute approximate surface area is 122 Å². The largest absolute Gasteiger partial charge is 0.458 e. The monoisotopic (exact) mass is 286 g/mol. The quantitative estimate of drug-likeness (QED) is 0.554. The molecule has 0 saturated heterocycles. The fourth-order valence-electron chi connectivity index (χ4n) is 3.80.